The molecule has 6 heteroatoms. The third-order valence-corrected chi connectivity index (χ3v) is 5.02. The Morgan fingerprint density at radius 2 is 1.64 bits per heavy atom. The SMILES string of the molecule is O=C(N[C@@H](Cc1ccc[nH]1)C(=O)O)OCC1c2ccccc2-c2ccccc21. The minimum atomic E-state index is -1.11. The molecule has 3 aromatic rings. The molecule has 1 aromatic heterocycles. The summed E-state index contributed by atoms with van der Waals surface area (Å²) in [5, 5.41) is 11.8. The van der Waals surface area contributed by atoms with Crippen molar-refractivity contribution in [3.8, 4) is 11.1 Å². The maximum absolute atomic E-state index is 12.3. The van der Waals surface area contributed by atoms with Crippen molar-refractivity contribution in [3.05, 3.63) is 83.7 Å². The smallest absolute Gasteiger partial charge is 0.407 e. The lowest BCUT2D eigenvalue weighted by molar-refractivity contribution is -0.139. The van der Waals surface area contributed by atoms with E-state index in [4.69, 9.17) is 4.74 Å². The fourth-order valence-electron chi connectivity index (χ4n) is 3.70. The third-order valence-electron chi connectivity index (χ3n) is 5.02. The average molecular weight is 376 g/mol. The normalized spacial score (nSPS) is 13.4. The van der Waals surface area contributed by atoms with Gasteiger partial charge in [-0.1, -0.05) is 48.5 Å². The van der Waals surface area contributed by atoms with Crippen molar-refractivity contribution in [2.24, 2.45) is 0 Å². The monoisotopic (exact) mass is 376 g/mol. The average Bonchev–Trinajstić information content (AvgIpc) is 3.32. The standard InChI is InChI=1S/C22H20N2O4/c25-21(26)20(12-14-6-5-11-23-14)24-22(27)28-13-19-17-9-3-1-7-15(17)16-8-2-4-10-18(16)19/h1-11,19-20,23H,12-13H2,(H,24,27)(H,25,26)/t20-/m0/s1. The van der Waals surface area contributed by atoms with Gasteiger partial charge < -0.3 is 20.1 Å². The first-order chi connectivity index (χ1) is 13.6. The number of hydrogen-bond donors (Lipinski definition) is 3. The van der Waals surface area contributed by atoms with Gasteiger partial charge in [-0.25, -0.2) is 9.59 Å². The van der Waals surface area contributed by atoms with E-state index >= 15 is 0 Å². The Labute approximate surface area is 162 Å². The molecule has 1 aliphatic carbocycles. The minimum Gasteiger partial charge on any atom is -0.480 e. The number of carboxylic acid groups (broad SMARTS) is 1. The largest absolute Gasteiger partial charge is 0.480 e. The summed E-state index contributed by atoms with van der Waals surface area (Å²) in [6.07, 6.45) is 1.13. The predicted molar refractivity (Wildman–Crippen MR) is 104 cm³/mol. The van der Waals surface area contributed by atoms with Gasteiger partial charge in [0, 0.05) is 24.2 Å². The molecule has 3 N–H and O–H groups in total. The Hall–Kier alpha value is -3.54. The molecule has 0 unspecified atom stereocenters. The topological polar surface area (TPSA) is 91.4 Å². The van der Waals surface area contributed by atoms with Crippen LogP contribution in [-0.2, 0) is 16.0 Å². The van der Waals surface area contributed by atoms with Crippen LogP contribution in [-0.4, -0.2) is 34.8 Å². The van der Waals surface area contributed by atoms with Gasteiger partial charge in [-0.15, -0.1) is 0 Å². The summed E-state index contributed by atoms with van der Waals surface area (Å²) in [7, 11) is 0. The lowest BCUT2D eigenvalue weighted by atomic mass is 9.98. The summed E-state index contributed by atoms with van der Waals surface area (Å²) >= 11 is 0. The number of fused-ring (bicyclic) bond motifs is 3. The van der Waals surface area contributed by atoms with Gasteiger partial charge in [0.15, 0.2) is 0 Å². The van der Waals surface area contributed by atoms with Crippen molar-refractivity contribution in [1.82, 2.24) is 10.3 Å². The lowest BCUT2D eigenvalue weighted by Gasteiger charge is -2.17. The first kappa shape index (κ1) is 17.9. The Morgan fingerprint density at radius 1 is 1.00 bits per heavy atom. The van der Waals surface area contributed by atoms with E-state index in [1.165, 1.54) is 0 Å². The van der Waals surface area contributed by atoms with Crippen molar-refractivity contribution in [3.63, 3.8) is 0 Å². The summed E-state index contributed by atoms with van der Waals surface area (Å²) < 4.78 is 5.42. The number of hydrogen-bond acceptors (Lipinski definition) is 3. The summed E-state index contributed by atoms with van der Waals surface area (Å²) in [5.41, 5.74) is 5.23. The lowest BCUT2D eigenvalue weighted by Crippen LogP contribution is -2.43. The van der Waals surface area contributed by atoms with Crippen LogP contribution in [0, 0.1) is 0 Å². The number of amides is 1. The van der Waals surface area contributed by atoms with E-state index in [1.807, 2.05) is 36.4 Å². The van der Waals surface area contributed by atoms with Crippen molar-refractivity contribution >= 4 is 12.1 Å². The van der Waals surface area contributed by atoms with Gasteiger partial charge in [-0.3, -0.25) is 0 Å². The van der Waals surface area contributed by atoms with E-state index in [2.05, 4.69) is 22.4 Å². The second kappa shape index (κ2) is 7.60. The number of carbonyl (C=O) groups excluding carboxylic acids is 1. The zero-order valence-corrected chi connectivity index (χ0v) is 15.1. The van der Waals surface area contributed by atoms with Gasteiger partial charge in [0.05, 0.1) is 0 Å². The van der Waals surface area contributed by atoms with Gasteiger partial charge in [-0.2, -0.15) is 0 Å². The third kappa shape index (κ3) is 3.49. The molecule has 1 atom stereocenters. The molecule has 0 bridgehead atoms. The number of H-pyrrole nitrogens is 1. The second-order valence-corrected chi connectivity index (χ2v) is 6.76. The fraction of sp³-hybridized carbons (Fsp3) is 0.182. The maximum atomic E-state index is 12.3. The number of ether oxygens (including phenoxy) is 1. The quantitative estimate of drug-likeness (QED) is 0.614. The van der Waals surface area contributed by atoms with E-state index in [-0.39, 0.29) is 18.9 Å². The number of rotatable bonds is 6. The first-order valence-corrected chi connectivity index (χ1v) is 9.10. The van der Waals surface area contributed by atoms with E-state index in [0.717, 1.165) is 27.9 Å². The Bertz CT molecular complexity index is 952. The molecule has 0 radical (unpaired) electrons. The highest BCUT2D eigenvalue weighted by molar-refractivity contribution is 5.81. The van der Waals surface area contributed by atoms with Gasteiger partial charge in [-0.05, 0) is 34.4 Å². The minimum absolute atomic E-state index is 0.0650. The molecule has 0 spiro atoms. The van der Waals surface area contributed by atoms with Crippen molar-refractivity contribution in [1.29, 1.82) is 0 Å². The molecular weight excluding hydrogens is 356 g/mol. The molecule has 0 saturated carbocycles. The number of aliphatic carboxylic acids is 1. The summed E-state index contributed by atoms with van der Waals surface area (Å²) in [6, 6.07) is 18.6. The molecule has 28 heavy (non-hydrogen) atoms. The zero-order valence-electron chi connectivity index (χ0n) is 15.1. The van der Waals surface area contributed by atoms with Crippen molar-refractivity contribution in [2.75, 3.05) is 6.61 Å². The highest BCUT2D eigenvalue weighted by Crippen LogP contribution is 2.44. The molecule has 2 aromatic carbocycles. The fourth-order valence-corrected chi connectivity index (χ4v) is 3.70. The molecule has 1 heterocycles. The molecule has 0 saturated heterocycles. The molecule has 142 valence electrons. The number of carbonyl (C=O) groups is 2. The second-order valence-electron chi connectivity index (χ2n) is 6.76. The molecule has 0 aliphatic heterocycles. The Kier molecular flexibility index (Phi) is 4.85. The number of aromatic amines is 1. The van der Waals surface area contributed by atoms with E-state index in [9.17, 15) is 14.7 Å². The van der Waals surface area contributed by atoms with Gasteiger partial charge in [0.25, 0.3) is 0 Å². The zero-order chi connectivity index (χ0) is 19.5. The highest BCUT2D eigenvalue weighted by Gasteiger charge is 2.29. The van der Waals surface area contributed by atoms with E-state index in [0.29, 0.717) is 0 Å². The van der Waals surface area contributed by atoms with Gasteiger partial charge >= 0.3 is 12.1 Å². The van der Waals surface area contributed by atoms with Gasteiger partial charge in [0.2, 0.25) is 0 Å². The summed E-state index contributed by atoms with van der Waals surface area (Å²) in [6.45, 7) is 0.148. The van der Waals surface area contributed by atoms with Crippen LogP contribution in [0.1, 0.15) is 22.7 Å². The van der Waals surface area contributed by atoms with Gasteiger partial charge in [0.1, 0.15) is 12.6 Å². The van der Waals surface area contributed by atoms with E-state index in [1.54, 1.807) is 18.3 Å². The summed E-state index contributed by atoms with van der Waals surface area (Å²) in [5.74, 6) is -1.17. The molecular formula is C22H20N2O4. The van der Waals surface area contributed by atoms with Crippen LogP contribution in [0.4, 0.5) is 4.79 Å². The van der Waals surface area contributed by atoms with Crippen LogP contribution in [0.25, 0.3) is 11.1 Å². The maximum Gasteiger partial charge on any atom is 0.407 e. The van der Waals surface area contributed by atoms with Crippen LogP contribution in [0.15, 0.2) is 66.9 Å². The molecule has 1 aliphatic rings. The van der Waals surface area contributed by atoms with Crippen LogP contribution in [0.3, 0.4) is 0 Å². The number of benzene rings is 2. The Balaban J connectivity index is 1.44. The number of aromatic nitrogens is 1. The highest BCUT2D eigenvalue weighted by atomic mass is 16.5. The molecule has 4 rings (SSSR count). The van der Waals surface area contributed by atoms with Crippen LogP contribution in [0.2, 0.25) is 0 Å². The first-order valence-electron chi connectivity index (χ1n) is 9.10. The Morgan fingerprint density at radius 3 is 2.21 bits per heavy atom. The van der Waals surface area contributed by atoms with Crippen molar-refractivity contribution < 1.29 is 19.4 Å². The van der Waals surface area contributed by atoms with Crippen LogP contribution in [0.5, 0.6) is 0 Å². The molecule has 1 amide bonds. The number of nitrogens with one attached hydrogen (secondary N) is 2. The van der Waals surface area contributed by atoms with Crippen molar-refractivity contribution in [2.45, 2.75) is 18.4 Å². The number of carboxylic acids is 1. The molecule has 0 fully saturated rings. The molecule has 6 nitrogen and oxygen atoms in total. The predicted octanol–water partition coefficient (Wildman–Crippen LogP) is 3.55. The number of alkyl carbamates (subject to hydrolysis) is 1. The van der Waals surface area contributed by atoms with Crippen LogP contribution < -0.4 is 5.32 Å². The van der Waals surface area contributed by atoms with Crippen LogP contribution >= 0.6 is 0 Å². The summed E-state index contributed by atoms with van der Waals surface area (Å²) in [4.78, 5) is 26.7. The van der Waals surface area contributed by atoms with E-state index < -0.39 is 18.1 Å².